The summed E-state index contributed by atoms with van der Waals surface area (Å²) < 4.78 is 40.9. The van der Waals surface area contributed by atoms with Crippen LogP contribution in [-0.2, 0) is 0 Å². The predicted octanol–water partition coefficient (Wildman–Crippen LogP) is 3.10. The molecule has 0 bridgehead atoms. The van der Waals surface area contributed by atoms with E-state index in [1.807, 2.05) is 0 Å². The third kappa shape index (κ3) is 4.16. The van der Waals surface area contributed by atoms with Crippen LogP contribution in [-0.4, -0.2) is 22.8 Å². The maximum atomic E-state index is 12.1. The summed E-state index contributed by atoms with van der Waals surface area (Å²) in [5.74, 6) is 0.141. The first-order chi connectivity index (χ1) is 9.87. The van der Waals surface area contributed by atoms with Gasteiger partial charge in [0.2, 0.25) is 0 Å². The van der Waals surface area contributed by atoms with E-state index in [0.717, 1.165) is 5.56 Å². The Kier molecular flexibility index (Phi) is 4.42. The molecule has 2 rings (SSSR count). The van der Waals surface area contributed by atoms with Crippen molar-refractivity contribution >= 4 is 0 Å². The van der Waals surface area contributed by atoms with Crippen molar-refractivity contribution in [2.75, 3.05) is 6.61 Å². The molecule has 7 heteroatoms. The lowest BCUT2D eigenvalue weighted by Gasteiger charge is -2.12. The summed E-state index contributed by atoms with van der Waals surface area (Å²) in [6.45, 7) is 0.469. The van der Waals surface area contributed by atoms with Crippen molar-refractivity contribution in [3.63, 3.8) is 0 Å². The Balaban J connectivity index is 2.20. The van der Waals surface area contributed by atoms with Crippen molar-refractivity contribution < 1.29 is 17.9 Å². The second-order valence-corrected chi connectivity index (χ2v) is 4.51. The van der Waals surface area contributed by atoms with Gasteiger partial charge in [0.25, 0.3) is 0 Å². The van der Waals surface area contributed by atoms with E-state index < -0.39 is 12.8 Å². The summed E-state index contributed by atoms with van der Waals surface area (Å²) in [5.41, 5.74) is 7.78. The summed E-state index contributed by atoms with van der Waals surface area (Å²) in [5, 5.41) is 0. The fourth-order valence-corrected chi connectivity index (χ4v) is 1.78. The van der Waals surface area contributed by atoms with Crippen LogP contribution in [0.5, 0.6) is 5.75 Å². The van der Waals surface area contributed by atoms with Gasteiger partial charge in [-0.3, -0.25) is 9.97 Å². The van der Waals surface area contributed by atoms with E-state index in [1.165, 1.54) is 18.3 Å². The maximum absolute atomic E-state index is 12.1. The molecule has 2 aromatic rings. The zero-order chi connectivity index (χ0) is 15.5. The average Bonchev–Trinajstić information content (AvgIpc) is 2.45. The van der Waals surface area contributed by atoms with Gasteiger partial charge in [0.1, 0.15) is 5.75 Å². The minimum Gasteiger partial charge on any atom is -0.484 e. The topological polar surface area (TPSA) is 61.0 Å². The molecule has 0 aliphatic rings. The Labute approximate surface area is 119 Å². The Morgan fingerprint density at radius 1 is 1.14 bits per heavy atom. The Morgan fingerprint density at radius 2 is 1.76 bits per heavy atom. The fourth-order valence-electron chi connectivity index (χ4n) is 1.78. The van der Waals surface area contributed by atoms with Crippen molar-refractivity contribution in [1.29, 1.82) is 0 Å². The van der Waals surface area contributed by atoms with Crippen LogP contribution < -0.4 is 10.5 Å². The van der Waals surface area contributed by atoms with Gasteiger partial charge in [-0.15, -0.1) is 0 Å². The lowest BCUT2D eigenvalue weighted by molar-refractivity contribution is -0.153. The first-order valence-electron chi connectivity index (χ1n) is 6.23. The number of halogens is 3. The highest BCUT2D eigenvalue weighted by atomic mass is 19.4. The SMILES string of the molecule is CC(N)c1nccnc1-c1ccc(OCC(F)(F)F)cc1. The van der Waals surface area contributed by atoms with Crippen LogP contribution in [0.3, 0.4) is 0 Å². The smallest absolute Gasteiger partial charge is 0.422 e. The standard InChI is InChI=1S/C14H14F3N3O/c1-9(18)12-13(20-7-6-19-12)10-2-4-11(5-3-10)21-8-14(15,16)17/h2-7,9H,8,18H2,1H3. The summed E-state index contributed by atoms with van der Waals surface area (Å²) in [6.07, 6.45) is -1.27. The monoisotopic (exact) mass is 297 g/mol. The van der Waals surface area contributed by atoms with Crippen molar-refractivity contribution in [1.82, 2.24) is 9.97 Å². The van der Waals surface area contributed by atoms with Crippen LogP contribution in [0.4, 0.5) is 13.2 Å². The van der Waals surface area contributed by atoms with Crippen molar-refractivity contribution in [2.45, 2.75) is 19.1 Å². The van der Waals surface area contributed by atoms with Crippen LogP contribution >= 0.6 is 0 Å². The van der Waals surface area contributed by atoms with Gasteiger partial charge in [0.15, 0.2) is 6.61 Å². The number of aromatic nitrogens is 2. The summed E-state index contributed by atoms with van der Waals surface area (Å²) >= 11 is 0. The molecule has 0 spiro atoms. The Morgan fingerprint density at radius 3 is 2.33 bits per heavy atom. The van der Waals surface area contributed by atoms with Gasteiger partial charge in [0.05, 0.1) is 11.4 Å². The normalized spacial score (nSPS) is 13.0. The molecule has 1 aromatic carbocycles. The summed E-state index contributed by atoms with van der Waals surface area (Å²) in [4.78, 5) is 8.40. The van der Waals surface area contributed by atoms with Crippen molar-refractivity contribution in [3.8, 4) is 17.0 Å². The minimum absolute atomic E-state index is 0.141. The zero-order valence-electron chi connectivity index (χ0n) is 11.3. The first-order valence-corrected chi connectivity index (χ1v) is 6.23. The molecule has 0 aliphatic carbocycles. The van der Waals surface area contributed by atoms with E-state index in [2.05, 4.69) is 14.7 Å². The van der Waals surface area contributed by atoms with Crippen LogP contribution in [0.15, 0.2) is 36.7 Å². The number of rotatable bonds is 4. The van der Waals surface area contributed by atoms with Gasteiger partial charge in [0, 0.05) is 24.0 Å². The second kappa shape index (κ2) is 6.09. The molecule has 0 aliphatic heterocycles. The molecule has 1 unspecified atom stereocenters. The van der Waals surface area contributed by atoms with E-state index in [-0.39, 0.29) is 11.8 Å². The number of nitrogens with zero attached hydrogens (tertiary/aromatic N) is 2. The van der Waals surface area contributed by atoms with Crippen LogP contribution in [0.2, 0.25) is 0 Å². The molecule has 0 fully saturated rings. The minimum atomic E-state index is -4.36. The molecule has 112 valence electrons. The lowest BCUT2D eigenvalue weighted by atomic mass is 10.1. The van der Waals surface area contributed by atoms with E-state index >= 15 is 0 Å². The summed E-state index contributed by atoms with van der Waals surface area (Å²) in [6, 6.07) is 5.87. The number of hydrogen-bond donors (Lipinski definition) is 1. The molecule has 1 heterocycles. The molecule has 21 heavy (non-hydrogen) atoms. The van der Waals surface area contributed by atoms with Gasteiger partial charge in [-0.25, -0.2) is 0 Å². The Hall–Kier alpha value is -2.15. The quantitative estimate of drug-likeness (QED) is 0.942. The molecule has 0 radical (unpaired) electrons. The molecule has 4 nitrogen and oxygen atoms in total. The van der Waals surface area contributed by atoms with Crippen LogP contribution in [0.25, 0.3) is 11.3 Å². The Bertz CT molecular complexity index is 597. The molecular weight excluding hydrogens is 283 g/mol. The molecule has 0 saturated carbocycles. The molecular formula is C14H14F3N3O. The number of benzene rings is 1. The maximum Gasteiger partial charge on any atom is 0.422 e. The van der Waals surface area contributed by atoms with Gasteiger partial charge in [-0.05, 0) is 31.2 Å². The van der Waals surface area contributed by atoms with E-state index in [0.29, 0.717) is 11.4 Å². The molecule has 0 saturated heterocycles. The van der Waals surface area contributed by atoms with Gasteiger partial charge in [-0.2, -0.15) is 13.2 Å². The number of alkyl halides is 3. The van der Waals surface area contributed by atoms with Gasteiger partial charge in [-0.1, -0.05) is 0 Å². The zero-order valence-corrected chi connectivity index (χ0v) is 11.3. The molecule has 2 N–H and O–H groups in total. The van der Waals surface area contributed by atoms with Crippen molar-refractivity contribution in [2.24, 2.45) is 5.73 Å². The van der Waals surface area contributed by atoms with Crippen molar-refractivity contribution in [3.05, 3.63) is 42.4 Å². The number of hydrogen-bond acceptors (Lipinski definition) is 4. The van der Waals surface area contributed by atoms with Gasteiger partial charge < -0.3 is 10.5 Å². The number of ether oxygens (including phenoxy) is 1. The third-order valence-electron chi connectivity index (χ3n) is 2.69. The highest BCUT2D eigenvalue weighted by Crippen LogP contribution is 2.26. The van der Waals surface area contributed by atoms with E-state index in [4.69, 9.17) is 5.73 Å². The molecule has 1 aromatic heterocycles. The highest BCUT2D eigenvalue weighted by molar-refractivity contribution is 5.62. The molecule has 0 amide bonds. The van der Waals surface area contributed by atoms with E-state index in [1.54, 1.807) is 25.3 Å². The third-order valence-corrected chi connectivity index (χ3v) is 2.69. The lowest BCUT2D eigenvalue weighted by Crippen LogP contribution is -2.19. The fraction of sp³-hybridized carbons (Fsp3) is 0.286. The predicted molar refractivity (Wildman–Crippen MR) is 71.6 cm³/mol. The van der Waals surface area contributed by atoms with E-state index in [9.17, 15) is 13.2 Å². The largest absolute Gasteiger partial charge is 0.484 e. The summed E-state index contributed by atoms with van der Waals surface area (Å²) in [7, 11) is 0. The van der Waals surface area contributed by atoms with Gasteiger partial charge >= 0.3 is 6.18 Å². The highest BCUT2D eigenvalue weighted by Gasteiger charge is 2.28. The second-order valence-electron chi connectivity index (χ2n) is 4.51. The van der Waals surface area contributed by atoms with Crippen LogP contribution in [0, 0.1) is 0 Å². The average molecular weight is 297 g/mol. The first kappa shape index (κ1) is 15.2. The number of nitrogens with two attached hydrogens (primary N) is 1. The molecule has 1 atom stereocenters. The van der Waals surface area contributed by atoms with Crippen LogP contribution in [0.1, 0.15) is 18.7 Å².